The van der Waals surface area contributed by atoms with E-state index in [0.29, 0.717) is 37.4 Å². The Balaban J connectivity index is 1.52. The average Bonchev–Trinajstić information content (AvgIpc) is 3.39. The van der Waals surface area contributed by atoms with Gasteiger partial charge in [-0.3, -0.25) is 9.69 Å². The van der Waals surface area contributed by atoms with Gasteiger partial charge in [0, 0.05) is 29.6 Å². The number of pyridine rings is 1. The Labute approximate surface area is 232 Å². The van der Waals surface area contributed by atoms with Gasteiger partial charge in [0.2, 0.25) is 0 Å². The maximum absolute atomic E-state index is 13.7. The third-order valence-corrected chi connectivity index (χ3v) is 7.24. The molecule has 0 saturated heterocycles. The predicted molar refractivity (Wildman–Crippen MR) is 153 cm³/mol. The maximum Gasteiger partial charge on any atom is 0.252 e. The number of nitrogens with one attached hydrogen (secondary N) is 1. The van der Waals surface area contributed by atoms with Crippen molar-refractivity contribution in [1.82, 2.24) is 30.1 Å². The lowest BCUT2D eigenvalue weighted by molar-refractivity contribution is 0.161. The molecule has 9 heteroatoms. The zero-order valence-corrected chi connectivity index (χ0v) is 23.2. The summed E-state index contributed by atoms with van der Waals surface area (Å²) in [6.45, 7) is 7.48. The lowest BCUT2D eigenvalue weighted by Crippen LogP contribution is -2.32. The molecule has 3 aromatic carbocycles. The molecule has 0 spiro atoms. The molecule has 2 heterocycles. The first-order valence-electron chi connectivity index (χ1n) is 13.3. The van der Waals surface area contributed by atoms with Crippen LogP contribution in [0.2, 0.25) is 0 Å². The largest absolute Gasteiger partial charge is 0.497 e. The number of aryl methyl sites for hydroxylation is 2. The lowest BCUT2D eigenvalue weighted by Gasteiger charge is -2.30. The van der Waals surface area contributed by atoms with E-state index in [1.807, 2.05) is 43.3 Å². The topological polar surface area (TPSA) is 88.9 Å². The third kappa shape index (κ3) is 5.94. The van der Waals surface area contributed by atoms with E-state index < -0.39 is 0 Å². The summed E-state index contributed by atoms with van der Waals surface area (Å²) in [5.74, 6) is 1.19. The molecule has 1 N–H and O–H groups in total. The summed E-state index contributed by atoms with van der Waals surface area (Å²) in [6, 6.07) is 20.1. The minimum atomic E-state index is -0.289. The van der Waals surface area contributed by atoms with Gasteiger partial charge in [-0.05, 0) is 89.3 Å². The second-order valence-electron chi connectivity index (χ2n) is 10.2. The second kappa shape index (κ2) is 11.8. The molecule has 2 aromatic heterocycles. The van der Waals surface area contributed by atoms with Crippen LogP contribution < -0.4 is 10.3 Å². The van der Waals surface area contributed by atoms with Gasteiger partial charge in [0.1, 0.15) is 11.6 Å². The van der Waals surface area contributed by atoms with Gasteiger partial charge >= 0.3 is 0 Å². The molecule has 0 amide bonds. The Morgan fingerprint density at radius 1 is 1.00 bits per heavy atom. The molecule has 0 aliphatic carbocycles. The molecule has 0 aliphatic heterocycles. The first kappa shape index (κ1) is 27.2. The zero-order valence-electron chi connectivity index (χ0n) is 23.2. The van der Waals surface area contributed by atoms with Gasteiger partial charge < -0.3 is 9.72 Å². The summed E-state index contributed by atoms with van der Waals surface area (Å²) >= 11 is 0. The normalized spacial score (nSPS) is 12.2. The molecule has 0 bridgehead atoms. The summed E-state index contributed by atoms with van der Waals surface area (Å²) < 4.78 is 20.8. The van der Waals surface area contributed by atoms with E-state index in [-0.39, 0.29) is 17.4 Å². The molecule has 1 unspecified atom stereocenters. The highest BCUT2D eigenvalue weighted by Crippen LogP contribution is 2.28. The highest BCUT2D eigenvalue weighted by Gasteiger charge is 2.26. The van der Waals surface area contributed by atoms with Crippen LogP contribution in [0.3, 0.4) is 0 Å². The number of halogens is 1. The van der Waals surface area contributed by atoms with Crippen molar-refractivity contribution >= 4 is 10.9 Å². The fraction of sp³-hybridized carbons (Fsp3) is 0.290. The highest BCUT2D eigenvalue weighted by atomic mass is 19.1. The Morgan fingerprint density at radius 3 is 2.42 bits per heavy atom. The van der Waals surface area contributed by atoms with Crippen molar-refractivity contribution in [2.24, 2.45) is 0 Å². The van der Waals surface area contributed by atoms with Crippen LogP contribution in [-0.2, 0) is 19.6 Å². The van der Waals surface area contributed by atoms with Crippen molar-refractivity contribution in [3.8, 4) is 5.75 Å². The molecule has 40 heavy (non-hydrogen) atoms. The smallest absolute Gasteiger partial charge is 0.252 e. The Hall–Kier alpha value is -4.37. The van der Waals surface area contributed by atoms with Crippen molar-refractivity contribution in [1.29, 1.82) is 0 Å². The van der Waals surface area contributed by atoms with Crippen molar-refractivity contribution < 1.29 is 9.13 Å². The van der Waals surface area contributed by atoms with Gasteiger partial charge in [-0.2, -0.15) is 0 Å². The number of fused-ring (bicyclic) bond motifs is 1. The van der Waals surface area contributed by atoms with E-state index in [2.05, 4.69) is 45.3 Å². The number of nitrogens with zero attached hydrogens (tertiary/aromatic N) is 5. The van der Waals surface area contributed by atoms with Crippen LogP contribution in [0.15, 0.2) is 71.5 Å². The molecule has 1 atom stereocenters. The maximum atomic E-state index is 13.7. The number of ether oxygens (including phenoxy) is 1. The SMILES string of the molecule is CCC(c1nnnn1Cc1ccc(OC)cc1)N(Cc1ccc(F)cc1)Cc1cc2c(C)cc(C)cc2[nH]c1=O. The van der Waals surface area contributed by atoms with E-state index >= 15 is 0 Å². The van der Waals surface area contributed by atoms with E-state index in [9.17, 15) is 9.18 Å². The van der Waals surface area contributed by atoms with Crippen molar-refractivity contribution in [2.75, 3.05) is 7.11 Å². The van der Waals surface area contributed by atoms with Gasteiger partial charge in [0.05, 0.1) is 19.7 Å². The molecule has 5 rings (SSSR count). The van der Waals surface area contributed by atoms with Gasteiger partial charge in [-0.15, -0.1) is 5.10 Å². The molecule has 0 aliphatic rings. The van der Waals surface area contributed by atoms with Crippen LogP contribution in [-0.4, -0.2) is 37.2 Å². The van der Waals surface area contributed by atoms with Gasteiger partial charge in [0.15, 0.2) is 5.82 Å². The van der Waals surface area contributed by atoms with Crippen LogP contribution in [0, 0.1) is 19.7 Å². The summed E-state index contributed by atoms with van der Waals surface area (Å²) in [7, 11) is 1.64. The monoisotopic (exact) mass is 540 g/mol. The lowest BCUT2D eigenvalue weighted by atomic mass is 10.0. The number of aromatic nitrogens is 5. The Bertz CT molecular complexity index is 1660. The molecular weight excluding hydrogens is 507 g/mol. The molecule has 5 aromatic rings. The fourth-order valence-electron chi connectivity index (χ4n) is 5.22. The van der Waals surface area contributed by atoms with E-state index in [1.54, 1.807) is 23.9 Å². The van der Waals surface area contributed by atoms with Gasteiger partial charge in [0.25, 0.3) is 5.56 Å². The van der Waals surface area contributed by atoms with Gasteiger partial charge in [-0.1, -0.05) is 37.3 Å². The summed E-state index contributed by atoms with van der Waals surface area (Å²) in [5.41, 5.74) is 5.51. The number of hydrogen-bond donors (Lipinski definition) is 1. The van der Waals surface area contributed by atoms with Crippen LogP contribution in [0.5, 0.6) is 5.75 Å². The van der Waals surface area contributed by atoms with E-state index in [0.717, 1.165) is 38.9 Å². The molecule has 0 radical (unpaired) electrons. The van der Waals surface area contributed by atoms with E-state index in [1.165, 1.54) is 12.1 Å². The predicted octanol–water partition coefficient (Wildman–Crippen LogP) is 5.48. The van der Waals surface area contributed by atoms with Crippen LogP contribution in [0.25, 0.3) is 10.9 Å². The summed E-state index contributed by atoms with van der Waals surface area (Å²) in [6.07, 6.45) is 0.702. The number of hydrogen-bond acceptors (Lipinski definition) is 6. The van der Waals surface area contributed by atoms with Crippen molar-refractivity contribution in [2.45, 2.75) is 52.9 Å². The third-order valence-electron chi connectivity index (χ3n) is 7.24. The number of H-pyrrole nitrogens is 1. The molecule has 0 fully saturated rings. The molecule has 206 valence electrons. The average molecular weight is 541 g/mol. The highest BCUT2D eigenvalue weighted by molar-refractivity contribution is 5.83. The molecule has 8 nitrogen and oxygen atoms in total. The standard InChI is InChI=1S/C31H33FN6O2/c1-5-29(30-34-35-36-38(30)18-23-8-12-26(40-4)13-9-23)37(17-22-6-10-25(32)11-7-22)19-24-16-27-21(3)14-20(2)15-28(27)33-31(24)39/h6-16,29H,5,17-19H2,1-4H3,(H,33,39). The zero-order chi connectivity index (χ0) is 28.2. The quantitative estimate of drug-likeness (QED) is 0.252. The summed E-state index contributed by atoms with van der Waals surface area (Å²) in [5, 5.41) is 13.7. The number of rotatable bonds is 10. The minimum Gasteiger partial charge on any atom is -0.497 e. The minimum absolute atomic E-state index is 0.130. The number of benzene rings is 3. The first-order chi connectivity index (χ1) is 19.3. The van der Waals surface area contributed by atoms with Crippen LogP contribution in [0.4, 0.5) is 4.39 Å². The Morgan fingerprint density at radius 2 is 1.73 bits per heavy atom. The number of aromatic amines is 1. The summed E-state index contributed by atoms with van der Waals surface area (Å²) in [4.78, 5) is 18.5. The van der Waals surface area contributed by atoms with Crippen molar-refractivity contribution in [3.63, 3.8) is 0 Å². The number of tetrazole rings is 1. The molecular formula is C31H33FN6O2. The fourth-order valence-corrected chi connectivity index (χ4v) is 5.22. The van der Waals surface area contributed by atoms with E-state index in [4.69, 9.17) is 4.74 Å². The van der Waals surface area contributed by atoms with Crippen LogP contribution >= 0.6 is 0 Å². The number of methoxy groups -OCH3 is 1. The van der Waals surface area contributed by atoms with Crippen molar-refractivity contribution in [3.05, 3.63) is 117 Å². The Kier molecular flexibility index (Phi) is 8.02. The molecule has 0 saturated carbocycles. The van der Waals surface area contributed by atoms with Gasteiger partial charge in [-0.25, -0.2) is 9.07 Å². The first-order valence-corrected chi connectivity index (χ1v) is 13.3. The second-order valence-corrected chi connectivity index (χ2v) is 10.2. The van der Waals surface area contributed by atoms with Crippen LogP contribution in [0.1, 0.15) is 53.0 Å².